The van der Waals surface area contributed by atoms with Gasteiger partial charge in [-0.1, -0.05) is 42.1 Å². The Labute approximate surface area is 174 Å². The number of methoxy groups -OCH3 is 2. The fraction of sp³-hybridized carbons (Fsp3) is 0.650. The first-order chi connectivity index (χ1) is 13.5. The molecule has 0 N–H and O–H groups in total. The molecule has 153 valence electrons. The van der Waals surface area contributed by atoms with Crippen molar-refractivity contribution in [1.29, 1.82) is 0 Å². The van der Waals surface area contributed by atoms with Crippen LogP contribution in [0.2, 0.25) is 0 Å². The number of hydrogen-bond donors (Lipinski definition) is 0. The van der Waals surface area contributed by atoms with Crippen molar-refractivity contribution in [3.63, 3.8) is 0 Å². The molecule has 0 bridgehead atoms. The van der Waals surface area contributed by atoms with Crippen molar-refractivity contribution in [2.75, 3.05) is 20.0 Å². The third-order valence-corrected chi connectivity index (χ3v) is 7.64. The molecular weight excluding hydrogens is 398 g/mol. The molecule has 0 aliphatic carbocycles. The lowest BCUT2D eigenvalue weighted by molar-refractivity contribution is -0.462. The fourth-order valence-electron chi connectivity index (χ4n) is 3.75. The van der Waals surface area contributed by atoms with Gasteiger partial charge in [-0.25, -0.2) is 0 Å². The highest BCUT2D eigenvalue weighted by molar-refractivity contribution is 8.12. The Morgan fingerprint density at radius 3 is 2.46 bits per heavy atom. The van der Waals surface area contributed by atoms with Crippen molar-refractivity contribution in [3.05, 3.63) is 35.9 Å². The lowest BCUT2D eigenvalue weighted by atomic mass is 9.94. The molecule has 4 rings (SSSR count). The predicted octanol–water partition coefficient (Wildman–Crippen LogP) is 3.17. The van der Waals surface area contributed by atoms with Gasteiger partial charge in [-0.05, 0) is 19.4 Å². The van der Waals surface area contributed by atoms with Gasteiger partial charge in [-0.2, -0.15) is 11.8 Å². The molecule has 6 nitrogen and oxygen atoms in total. The molecule has 3 heterocycles. The molecule has 7 atom stereocenters. The molecule has 0 aromatic heterocycles. The van der Waals surface area contributed by atoms with Gasteiger partial charge in [0, 0.05) is 25.7 Å². The van der Waals surface area contributed by atoms with Crippen LogP contribution in [0, 0.1) is 0 Å². The van der Waals surface area contributed by atoms with Crippen LogP contribution in [-0.2, 0) is 29.4 Å². The van der Waals surface area contributed by atoms with Crippen molar-refractivity contribution in [2.45, 2.75) is 61.0 Å². The van der Waals surface area contributed by atoms with Crippen LogP contribution in [0.1, 0.15) is 19.4 Å². The second kappa shape index (κ2) is 8.26. The Morgan fingerprint density at radius 2 is 1.79 bits per heavy atom. The largest absolute Gasteiger partial charge is 0.358 e. The quantitative estimate of drug-likeness (QED) is 0.695. The van der Waals surface area contributed by atoms with Crippen molar-refractivity contribution >= 4 is 29.1 Å². The molecule has 0 amide bonds. The zero-order chi connectivity index (χ0) is 19.8. The van der Waals surface area contributed by atoms with Crippen molar-refractivity contribution in [3.8, 4) is 0 Å². The Kier molecular flexibility index (Phi) is 6.09. The molecule has 28 heavy (non-hydrogen) atoms. The number of nitrogens with zero attached hydrogens (tertiary/aromatic N) is 1. The maximum atomic E-state index is 6.45. The topological polar surface area (TPSA) is 58.5 Å². The minimum Gasteiger partial charge on any atom is -0.358 e. The monoisotopic (exact) mass is 424 g/mol. The van der Waals surface area contributed by atoms with E-state index in [1.165, 1.54) is 17.3 Å². The zero-order valence-corrected chi connectivity index (χ0v) is 18.1. The number of benzene rings is 1. The summed E-state index contributed by atoms with van der Waals surface area (Å²) < 4.78 is 30.6. The summed E-state index contributed by atoms with van der Waals surface area (Å²) >= 11 is 3.30. The summed E-state index contributed by atoms with van der Waals surface area (Å²) in [7, 11) is 3.20. The molecule has 0 saturated carbocycles. The minimum absolute atomic E-state index is 0.111. The normalized spacial score (nSPS) is 42.2. The summed E-state index contributed by atoms with van der Waals surface area (Å²) in [4.78, 5) is 4.46. The fourth-order valence-corrected chi connectivity index (χ4v) is 5.63. The molecule has 8 heteroatoms. The van der Waals surface area contributed by atoms with Crippen molar-refractivity contribution < 1.29 is 23.7 Å². The highest BCUT2D eigenvalue weighted by atomic mass is 32.2. The summed E-state index contributed by atoms with van der Waals surface area (Å²) in [6.45, 7) is 3.68. The van der Waals surface area contributed by atoms with Crippen molar-refractivity contribution in [2.24, 2.45) is 4.99 Å². The lowest BCUT2D eigenvalue weighted by Crippen LogP contribution is -2.71. The maximum Gasteiger partial charge on any atom is 0.220 e. The number of aliphatic imine (C=N–C) groups is 1. The molecule has 3 aliphatic rings. The zero-order valence-electron chi connectivity index (χ0n) is 16.5. The van der Waals surface area contributed by atoms with Crippen LogP contribution in [0.25, 0.3) is 0 Å². The van der Waals surface area contributed by atoms with Gasteiger partial charge >= 0.3 is 0 Å². The molecular formula is C20H26NO5S2. The molecule has 1 aromatic carbocycles. The highest BCUT2D eigenvalue weighted by Gasteiger charge is 2.62. The van der Waals surface area contributed by atoms with Gasteiger partial charge in [0.15, 0.2) is 0 Å². The van der Waals surface area contributed by atoms with Gasteiger partial charge < -0.3 is 23.7 Å². The van der Waals surface area contributed by atoms with Crippen LogP contribution in [0.3, 0.4) is 0 Å². The SMILES string of the molecule is CO[C@@]1(C)O[C@@H]2[C@H]3N=[C]S[C@H]3O[C@H](CSCc3ccccc3)[C@H]2O[C@]1(C)OC. The molecule has 1 aromatic rings. The van der Waals surface area contributed by atoms with E-state index in [-0.39, 0.29) is 29.8 Å². The number of rotatable bonds is 6. The first-order valence-electron chi connectivity index (χ1n) is 9.33. The lowest BCUT2D eigenvalue weighted by Gasteiger charge is -2.56. The highest BCUT2D eigenvalue weighted by Crippen LogP contribution is 2.47. The van der Waals surface area contributed by atoms with Gasteiger partial charge in [0.1, 0.15) is 29.2 Å². The Morgan fingerprint density at radius 1 is 1.11 bits per heavy atom. The van der Waals surface area contributed by atoms with Crippen molar-refractivity contribution in [1.82, 2.24) is 0 Å². The molecule has 3 aliphatic heterocycles. The third kappa shape index (κ3) is 3.64. The van der Waals surface area contributed by atoms with E-state index < -0.39 is 11.6 Å². The molecule has 0 spiro atoms. The smallest absolute Gasteiger partial charge is 0.220 e. The Balaban J connectivity index is 1.51. The van der Waals surface area contributed by atoms with Gasteiger partial charge in [0.25, 0.3) is 0 Å². The number of ether oxygens (including phenoxy) is 5. The maximum absolute atomic E-state index is 6.45. The number of fused-ring (bicyclic) bond motifs is 3. The number of hydrogen-bond acceptors (Lipinski definition) is 8. The standard InChI is InChI=1S/C20H26NO5S2/c1-19(22-3)20(2,23-4)26-17-15-18(28-12-21-15)24-14(16(17)25-19)11-27-10-13-8-6-5-7-9-13/h5-9,14-18H,10-11H2,1-4H3/t14-,15-,16-,17-,18-,19+,20+/m1/s1. The van der Waals surface area contributed by atoms with Gasteiger partial charge in [0.05, 0.1) is 6.10 Å². The Bertz CT molecular complexity index is 707. The molecule has 0 unspecified atom stereocenters. The predicted molar refractivity (Wildman–Crippen MR) is 111 cm³/mol. The summed E-state index contributed by atoms with van der Waals surface area (Å²) in [6.07, 6.45) is -0.725. The van der Waals surface area contributed by atoms with Crippen LogP contribution < -0.4 is 0 Å². The minimum atomic E-state index is -1.05. The van der Waals surface area contributed by atoms with E-state index in [0.717, 1.165) is 11.5 Å². The average molecular weight is 425 g/mol. The summed E-state index contributed by atoms with van der Waals surface area (Å²) in [5.74, 6) is -0.400. The second-order valence-electron chi connectivity index (χ2n) is 7.34. The number of thioether (sulfide) groups is 2. The first kappa shape index (κ1) is 20.7. The second-order valence-corrected chi connectivity index (χ2v) is 9.25. The average Bonchev–Trinajstić information content (AvgIpc) is 3.18. The molecule has 2 fully saturated rings. The molecule has 2 saturated heterocycles. The van der Waals surface area contributed by atoms with E-state index in [2.05, 4.69) is 34.8 Å². The van der Waals surface area contributed by atoms with Crippen LogP contribution in [0.4, 0.5) is 0 Å². The van der Waals surface area contributed by atoms with Crippen LogP contribution in [0.15, 0.2) is 35.3 Å². The van der Waals surface area contributed by atoms with Crippen LogP contribution in [-0.4, -0.2) is 66.9 Å². The van der Waals surface area contributed by atoms with E-state index in [9.17, 15) is 0 Å². The van der Waals surface area contributed by atoms with Gasteiger partial charge in [-0.15, -0.1) is 0 Å². The summed E-state index contributed by atoms with van der Waals surface area (Å²) in [6, 6.07) is 10.3. The van der Waals surface area contributed by atoms with E-state index in [1.54, 1.807) is 14.2 Å². The summed E-state index contributed by atoms with van der Waals surface area (Å²) in [5, 5.41) is 0. The summed E-state index contributed by atoms with van der Waals surface area (Å²) in [5.41, 5.74) is 4.16. The first-order valence-corrected chi connectivity index (χ1v) is 11.4. The van der Waals surface area contributed by atoms with Gasteiger partial charge in [-0.3, -0.25) is 4.99 Å². The Hall–Kier alpha value is -0.610. The van der Waals surface area contributed by atoms with Crippen LogP contribution in [0.5, 0.6) is 0 Å². The van der Waals surface area contributed by atoms with E-state index in [4.69, 9.17) is 23.7 Å². The van der Waals surface area contributed by atoms with Gasteiger partial charge in [0.2, 0.25) is 11.6 Å². The van der Waals surface area contributed by atoms with Crippen LogP contribution >= 0.6 is 23.5 Å². The van der Waals surface area contributed by atoms with E-state index >= 15 is 0 Å². The third-order valence-electron chi connectivity index (χ3n) is 5.70. The van der Waals surface area contributed by atoms with E-state index in [0.29, 0.717) is 0 Å². The molecule has 1 radical (unpaired) electrons. The van der Waals surface area contributed by atoms with E-state index in [1.807, 2.05) is 31.7 Å².